The number of likely N-dealkylation sites (N-methyl/N-ethyl adjacent to an activating group) is 1. The summed E-state index contributed by atoms with van der Waals surface area (Å²) in [7, 11) is 5.58. The number of hydrogen-bond acceptors (Lipinski definition) is 4. The first kappa shape index (κ1) is 27.7. The van der Waals surface area contributed by atoms with Crippen LogP contribution in [-0.4, -0.2) is 73.9 Å². The highest BCUT2D eigenvalue weighted by Crippen LogP contribution is 2.10. The predicted molar refractivity (Wildman–Crippen MR) is 143 cm³/mol. The lowest BCUT2D eigenvalue weighted by Gasteiger charge is -2.20. The molecule has 0 bridgehead atoms. The Morgan fingerprint density at radius 2 is 1.72 bits per heavy atom. The van der Waals surface area contributed by atoms with Gasteiger partial charge in [0, 0.05) is 58.7 Å². The van der Waals surface area contributed by atoms with Gasteiger partial charge in [0.2, 0.25) is 5.91 Å². The number of amides is 1. The van der Waals surface area contributed by atoms with Crippen LogP contribution >= 0.6 is 24.0 Å². The molecular formula is C23H38IN7O. The third kappa shape index (κ3) is 9.88. The van der Waals surface area contributed by atoms with Crippen molar-refractivity contribution in [1.82, 2.24) is 25.3 Å². The summed E-state index contributed by atoms with van der Waals surface area (Å²) in [5, 5.41) is 11.2. The number of carbonyl (C=O) groups is 1. The van der Waals surface area contributed by atoms with E-state index in [0.29, 0.717) is 5.96 Å². The minimum Gasteiger partial charge on any atom is -0.375 e. The Morgan fingerprint density at radius 1 is 1.06 bits per heavy atom. The molecule has 8 nitrogen and oxygen atoms in total. The average molecular weight is 556 g/mol. The van der Waals surface area contributed by atoms with Crippen LogP contribution in [0.3, 0.4) is 0 Å². The second-order valence-electron chi connectivity index (χ2n) is 7.92. The maximum atomic E-state index is 11.9. The lowest BCUT2D eigenvalue weighted by molar-refractivity contribution is -0.127. The van der Waals surface area contributed by atoms with Crippen LogP contribution in [0.25, 0.3) is 0 Å². The van der Waals surface area contributed by atoms with E-state index in [1.165, 1.54) is 11.4 Å². The minimum atomic E-state index is -0.0208. The van der Waals surface area contributed by atoms with Gasteiger partial charge in [0.05, 0.1) is 5.69 Å². The van der Waals surface area contributed by atoms with Crippen LogP contribution in [-0.2, 0) is 11.3 Å². The monoisotopic (exact) mass is 555 g/mol. The van der Waals surface area contributed by atoms with Gasteiger partial charge >= 0.3 is 0 Å². The summed E-state index contributed by atoms with van der Waals surface area (Å²) < 4.78 is 2.02. The molecule has 2 rings (SSSR count). The molecule has 0 saturated heterocycles. The van der Waals surface area contributed by atoms with Gasteiger partial charge in [0.15, 0.2) is 5.96 Å². The van der Waals surface area contributed by atoms with E-state index in [4.69, 9.17) is 0 Å². The molecule has 178 valence electrons. The first-order valence-electron chi connectivity index (χ1n) is 10.9. The zero-order chi connectivity index (χ0) is 22.6. The van der Waals surface area contributed by atoms with E-state index in [2.05, 4.69) is 57.8 Å². The van der Waals surface area contributed by atoms with E-state index in [0.717, 1.165) is 44.7 Å². The summed E-state index contributed by atoms with van der Waals surface area (Å²) in [6, 6.07) is 12.4. The molecule has 0 atom stereocenters. The maximum Gasteiger partial charge on any atom is 0.243 e. The number of benzene rings is 1. The van der Waals surface area contributed by atoms with Crippen molar-refractivity contribution < 1.29 is 4.79 Å². The van der Waals surface area contributed by atoms with Crippen molar-refractivity contribution in [2.75, 3.05) is 52.2 Å². The number of hydrogen-bond donors (Lipinski definition) is 2. The SMILES string of the molecule is Cc1cc(C)n(CCCNC(=NCC(=O)N(C)C)NCCCN(C)c2ccccc2)n1.I. The Labute approximate surface area is 209 Å². The molecule has 1 aromatic heterocycles. The van der Waals surface area contributed by atoms with E-state index in [1.54, 1.807) is 19.0 Å². The Kier molecular flexibility index (Phi) is 12.7. The number of anilines is 1. The number of nitrogens with zero attached hydrogens (tertiary/aromatic N) is 5. The van der Waals surface area contributed by atoms with E-state index in [-0.39, 0.29) is 36.4 Å². The Balaban J connectivity index is 0.00000512. The summed E-state index contributed by atoms with van der Waals surface area (Å²) in [4.78, 5) is 20.2. The number of para-hydroxylation sites is 1. The Morgan fingerprint density at radius 3 is 2.31 bits per heavy atom. The summed E-state index contributed by atoms with van der Waals surface area (Å²) in [6.45, 7) is 7.51. The molecule has 2 N–H and O–H groups in total. The molecule has 1 heterocycles. The maximum absolute atomic E-state index is 11.9. The van der Waals surface area contributed by atoms with Crippen LogP contribution in [0.5, 0.6) is 0 Å². The lowest BCUT2D eigenvalue weighted by atomic mass is 10.3. The van der Waals surface area contributed by atoms with Gasteiger partial charge in [-0.2, -0.15) is 5.10 Å². The molecule has 0 aliphatic carbocycles. The third-order valence-electron chi connectivity index (χ3n) is 4.97. The normalized spacial score (nSPS) is 11.0. The number of nitrogens with one attached hydrogen (secondary N) is 2. The lowest BCUT2D eigenvalue weighted by Crippen LogP contribution is -2.40. The molecule has 9 heteroatoms. The van der Waals surface area contributed by atoms with Gasteiger partial charge in [-0.1, -0.05) is 18.2 Å². The van der Waals surface area contributed by atoms with Crippen LogP contribution in [0.1, 0.15) is 24.2 Å². The summed E-state index contributed by atoms with van der Waals surface area (Å²) in [6.07, 6.45) is 1.88. The van der Waals surface area contributed by atoms with Crippen LogP contribution < -0.4 is 15.5 Å². The van der Waals surface area contributed by atoms with Gasteiger partial charge in [-0.25, -0.2) is 4.99 Å². The number of rotatable bonds is 11. The van der Waals surface area contributed by atoms with Crippen molar-refractivity contribution in [3.8, 4) is 0 Å². The quantitative estimate of drug-likeness (QED) is 0.193. The largest absolute Gasteiger partial charge is 0.375 e. The van der Waals surface area contributed by atoms with E-state index >= 15 is 0 Å². The number of aromatic nitrogens is 2. The number of aliphatic imine (C=N–C) groups is 1. The van der Waals surface area contributed by atoms with E-state index in [9.17, 15) is 4.79 Å². The van der Waals surface area contributed by atoms with Crippen LogP contribution in [0.15, 0.2) is 41.4 Å². The van der Waals surface area contributed by atoms with Crippen LogP contribution in [0.2, 0.25) is 0 Å². The molecule has 0 aliphatic heterocycles. The molecular weight excluding hydrogens is 517 g/mol. The van der Waals surface area contributed by atoms with Gasteiger partial charge in [0.1, 0.15) is 6.54 Å². The summed E-state index contributed by atoms with van der Waals surface area (Å²) in [5.41, 5.74) is 3.41. The zero-order valence-corrected chi connectivity index (χ0v) is 22.3. The Bertz CT molecular complexity index is 836. The number of carbonyl (C=O) groups excluding carboxylic acids is 1. The third-order valence-corrected chi connectivity index (χ3v) is 4.97. The van der Waals surface area contributed by atoms with Gasteiger partial charge in [-0.05, 0) is 44.9 Å². The van der Waals surface area contributed by atoms with Gasteiger partial charge < -0.3 is 20.4 Å². The number of guanidine groups is 1. The second-order valence-corrected chi connectivity index (χ2v) is 7.92. The van der Waals surface area contributed by atoms with Gasteiger partial charge in [0.25, 0.3) is 0 Å². The van der Waals surface area contributed by atoms with Crippen LogP contribution in [0, 0.1) is 13.8 Å². The first-order valence-corrected chi connectivity index (χ1v) is 10.9. The summed E-state index contributed by atoms with van der Waals surface area (Å²) in [5.74, 6) is 0.651. The molecule has 1 aromatic carbocycles. The molecule has 0 fully saturated rings. The molecule has 0 aliphatic rings. The topological polar surface area (TPSA) is 77.8 Å². The van der Waals surface area contributed by atoms with Gasteiger partial charge in [-0.3, -0.25) is 9.48 Å². The molecule has 0 spiro atoms. The fourth-order valence-corrected chi connectivity index (χ4v) is 3.13. The molecule has 0 radical (unpaired) electrons. The molecule has 32 heavy (non-hydrogen) atoms. The fourth-order valence-electron chi connectivity index (χ4n) is 3.13. The first-order chi connectivity index (χ1) is 14.9. The van der Waals surface area contributed by atoms with Gasteiger partial charge in [-0.15, -0.1) is 24.0 Å². The average Bonchev–Trinajstić information content (AvgIpc) is 3.08. The van der Waals surface area contributed by atoms with E-state index < -0.39 is 0 Å². The Hall–Kier alpha value is -2.30. The highest BCUT2D eigenvalue weighted by molar-refractivity contribution is 14.0. The smallest absolute Gasteiger partial charge is 0.243 e. The zero-order valence-electron chi connectivity index (χ0n) is 20.0. The van der Waals surface area contributed by atoms with Crippen molar-refractivity contribution in [2.24, 2.45) is 4.99 Å². The van der Waals surface area contributed by atoms with E-state index in [1.807, 2.05) is 29.8 Å². The molecule has 2 aromatic rings. The summed E-state index contributed by atoms with van der Waals surface area (Å²) >= 11 is 0. The van der Waals surface area contributed by atoms with Crippen molar-refractivity contribution in [3.05, 3.63) is 47.8 Å². The van der Waals surface area contributed by atoms with Crippen molar-refractivity contribution >= 4 is 41.5 Å². The van der Waals surface area contributed by atoms with Crippen molar-refractivity contribution in [2.45, 2.75) is 33.2 Å². The second kappa shape index (κ2) is 14.7. The minimum absolute atomic E-state index is 0. The number of aryl methyl sites for hydroxylation is 3. The van der Waals surface area contributed by atoms with Crippen LogP contribution in [0.4, 0.5) is 5.69 Å². The highest BCUT2D eigenvalue weighted by atomic mass is 127. The predicted octanol–water partition coefficient (Wildman–Crippen LogP) is 2.66. The fraction of sp³-hybridized carbons (Fsp3) is 0.522. The standard InChI is InChI=1S/C23H37N7O.HI/c1-19-17-20(2)30(27-19)16-10-14-25-23(26-18-22(31)28(3)4)24-13-9-15-29(5)21-11-7-6-8-12-21;/h6-8,11-12,17H,9-10,13-16,18H2,1-5H3,(H2,24,25,26);1H. The van der Waals surface area contributed by atoms with Crippen molar-refractivity contribution in [3.63, 3.8) is 0 Å². The number of halogens is 1. The molecule has 1 amide bonds. The van der Waals surface area contributed by atoms with Crippen molar-refractivity contribution in [1.29, 1.82) is 0 Å². The highest BCUT2D eigenvalue weighted by Gasteiger charge is 2.06. The molecule has 0 unspecified atom stereocenters. The molecule has 0 saturated carbocycles.